The molecule has 1 aromatic heterocycles. The van der Waals surface area contributed by atoms with Crippen LogP contribution >= 0.6 is 0 Å². The maximum Gasteiger partial charge on any atom is 0.267 e. The number of fused-ring (bicyclic) bond motifs is 1. The van der Waals surface area contributed by atoms with Gasteiger partial charge in [-0.3, -0.25) is 4.79 Å². The second-order valence-corrected chi connectivity index (χ2v) is 7.09. The predicted octanol–water partition coefficient (Wildman–Crippen LogP) is 1.90. The van der Waals surface area contributed by atoms with Crippen molar-refractivity contribution in [3.05, 3.63) is 64.2 Å². The van der Waals surface area contributed by atoms with E-state index in [0.29, 0.717) is 23.7 Å². The number of methoxy groups -OCH3 is 2. The Morgan fingerprint density at radius 1 is 1.30 bits per heavy atom. The molecule has 0 amide bonds. The minimum atomic E-state index is -1.22. The lowest BCUT2D eigenvalue weighted by Gasteiger charge is -2.45. The fourth-order valence-corrected chi connectivity index (χ4v) is 3.55. The minimum Gasteiger partial charge on any atom is -0.479 e. The molecular formula is C21H26FN3O5. The SMILES string of the molecule is C/C=C/Cn1nc(N[C@H]2c3cc(F)ccc3OC(COC)(COC)[C@@H]2O)ccc1=O. The zero-order valence-corrected chi connectivity index (χ0v) is 17.2. The standard InChI is InChI=1S/C21H26FN3O5/c1-4-5-10-25-18(26)9-8-17(24-25)23-19-15-11-14(22)6-7-16(15)30-21(12-28-2,13-29-3)20(19)27/h4-9,11,19-20,27H,10,12-13H2,1-3H3,(H,23,24)/b5-4+/t19-,20+/m0/s1. The van der Waals surface area contributed by atoms with Gasteiger partial charge in [0.05, 0.1) is 25.8 Å². The molecule has 2 heterocycles. The summed E-state index contributed by atoms with van der Waals surface area (Å²) >= 11 is 0. The van der Waals surface area contributed by atoms with Crippen molar-refractivity contribution in [3.8, 4) is 5.75 Å². The molecule has 0 fully saturated rings. The van der Waals surface area contributed by atoms with Crippen LogP contribution in [0.2, 0.25) is 0 Å². The number of allylic oxidation sites excluding steroid dienone is 2. The molecule has 0 saturated carbocycles. The van der Waals surface area contributed by atoms with Gasteiger partial charge in [0.25, 0.3) is 5.56 Å². The van der Waals surface area contributed by atoms with Crippen LogP contribution in [0.25, 0.3) is 0 Å². The minimum absolute atomic E-state index is 0.0468. The van der Waals surface area contributed by atoms with Gasteiger partial charge in [0.2, 0.25) is 0 Å². The van der Waals surface area contributed by atoms with Crippen molar-refractivity contribution in [2.45, 2.75) is 31.2 Å². The van der Waals surface area contributed by atoms with E-state index in [9.17, 15) is 14.3 Å². The Morgan fingerprint density at radius 2 is 2.03 bits per heavy atom. The van der Waals surface area contributed by atoms with Crippen molar-refractivity contribution in [2.24, 2.45) is 0 Å². The first-order valence-electron chi connectivity index (χ1n) is 9.54. The van der Waals surface area contributed by atoms with Gasteiger partial charge >= 0.3 is 0 Å². The molecule has 2 atom stereocenters. The number of aliphatic hydroxyl groups is 1. The average molecular weight is 419 g/mol. The quantitative estimate of drug-likeness (QED) is 0.631. The number of benzene rings is 1. The zero-order valence-electron chi connectivity index (χ0n) is 17.2. The second kappa shape index (κ2) is 9.38. The molecule has 0 spiro atoms. The van der Waals surface area contributed by atoms with Gasteiger partial charge in [0.15, 0.2) is 5.60 Å². The third-order valence-corrected chi connectivity index (χ3v) is 4.94. The van der Waals surface area contributed by atoms with Crippen molar-refractivity contribution in [3.63, 3.8) is 0 Å². The van der Waals surface area contributed by atoms with Gasteiger partial charge in [-0.2, -0.15) is 5.10 Å². The third-order valence-electron chi connectivity index (χ3n) is 4.94. The van der Waals surface area contributed by atoms with Crippen molar-refractivity contribution >= 4 is 5.82 Å². The van der Waals surface area contributed by atoms with E-state index in [1.54, 1.807) is 6.08 Å². The van der Waals surface area contributed by atoms with Crippen molar-refractivity contribution < 1.29 is 23.7 Å². The van der Waals surface area contributed by atoms with Crippen LogP contribution < -0.4 is 15.6 Å². The van der Waals surface area contributed by atoms with E-state index in [4.69, 9.17) is 14.2 Å². The highest BCUT2D eigenvalue weighted by atomic mass is 19.1. The van der Waals surface area contributed by atoms with Crippen LogP contribution in [0, 0.1) is 5.82 Å². The lowest BCUT2D eigenvalue weighted by molar-refractivity contribution is -0.142. The fourth-order valence-electron chi connectivity index (χ4n) is 3.55. The molecule has 0 unspecified atom stereocenters. The summed E-state index contributed by atoms with van der Waals surface area (Å²) in [7, 11) is 2.99. The van der Waals surface area contributed by atoms with Gasteiger partial charge in [-0.1, -0.05) is 12.2 Å². The highest BCUT2D eigenvalue weighted by Crippen LogP contribution is 2.42. The highest BCUT2D eigenvalue weighted by Gasteiger charge is 2.50. The smallest absolute Gasteiger partial charge is 0.267 e. The maximum absolute atomic E-state index is 14.0. The fraction of sp³-hybridized carbons (Fsp3) is 0.429. The van der Waals surface area contributed by atoms with Gasteiger partial charge in [-0.25, -0.2) is 9.07 Å². The Balaban J connectivity index is 2.03. The van der Waals surface area contributed by atoms with Crippen molar-refractivity contribution in [1.29, 1.82) is 0 Å². The van der Waals surface area contributed by atoms with E-state index < -0.39 is 23.6 Å². The monoisotopic (exact) mass is 419 g/mol. The topological polar surface area (TPSA) is 94.8 Å². The Labute approximate surface area is 173 Å². The van der Waals surface area contributed by atoms with Crippen molar-refractivity contribution in [2.75, 3.05) is 32.8 Å². The molecular weight excluding hydrogens is 393 g/mol. The molecule has 2 N–H and O–H groups in total. The van der Waals surface area contributed by atoms with Crippen LogP contribution in [-0.2, 0) is 16.0 Å². The Bertz CT molecular complexity index is 956. The highest BCUT2D eigenvalue weighted by molar-refractivity contribution is 5.47. The normalized spacial score (nSPS) is 20.0. The van der Waals surface area contributed by atoms with Gasteiger partial charge in [0, 0.05) is 25.8 Å². The molecule has 0 radical (unpaired) electrons. The number of nitrogens with one attached hydrogen (secondary N) is 1. The van der Waals surface area contributed by atoms with Crippen LogP contribution in [0.4, 0.5) is 10.2 Å². The molecule has 0 aliphatic carbocycles. The number of anilines is 1. The molecule has 1 aromatic carbocycles. The molecule has 8 nitrogen and oxygen atoms in total. The number of hydrogen-bond acceptors (Lipinski definition) is 7. The number of ether oxygens (including phenoxy) is 3. The summed E-state index contributed by atoms with van der Waals surface area (Å²) in [6, 6.07) is 6.21. The third kappa shape index (κ3) is 4.38. The molecule has 30 heavy (non-hydrogen) atoms. The van der Waals surface area contributed by atoms with Crippen LogP contribution in [0.15, 0.2) is 47.3 Å². The maximum atomic E-state index is 14.0. The molecule has 162 valence electrons. The molecule has 9 heteroatoms. The number of nitrogens with zero attached hydrogens (tertiary/aromatic N) is 2. The van der Waals surface area contributed by atoms with E-state index in [1.807, 2.05) is 13.0 Å². The number of aromatic nitrogens is 2. The molecule has 1 aliphatic heterocycles. The van der Waals surface area contributed by atoms with Crippen LogP contribution in [0.5, 0.6) is 5.75 Å². The summed E-state index contributed by atoms with van der Waals surface area (Å²) in [5, 5.41) is 18.7. The first-order chi connectivity index (χ1) is 14.4. The van der Waals surface area contributed by atoms with Gasteiger partial charge in [-0.05, 0) is 31.2 Å². The molecule has 0 bridgehead atoms. The summed E-state index contributed by atoms with van der Waals surface area (Å²) in [6.45, 7) is 2.25. The van der Waals surface area contributed by atoms with Crippen LogP contribution in [0.1, 0.15) is 18.5 Å². The molecule has 2 aromatic rings. The Hall–Kier alpha value is -2.75. The zero-order chi connectivity index (χ0) is 21.7. The lowest BCUT2D eigenvalue weighted by atomic mass is 9.84. The predicted molar refractivity (Wildman–Crippen MR) is 109 cm³/mol. The number of hydrogen-bond donors (Lipinski definition) is 2. The first-order valence-corrected chi connectivity index (χ1v) is 9.54. The number of halogens is 1. The van der Waals surface area contributed by atoms with Crippen LogP contribution in [-0.4, -0.2) is 54.0 Å². The summed E-state index contributed by atoms with van der Waals surface area (Å²) < 4.78 is 31.9. The van der Waals surface area contributed by atoms with Crippen LogP contribution in [0.3, 0.4) is 0 Å². The second-order valence-electron chi connectivity index (χ2n) is 7.09. The van der Waals surface area contributed by atoms with E-state index in [2.05, 4.69) is 10.4 Å². The first kappa shape index (κ1) is 21.9. The van der Waals surface area contributed by atoms with Gasteiger partial charge < -0.3 is 24.6 Å². The van der Waals surface area contributed by atoms with Gasteiger partial charge in [0.1, 0.15) is 23.5 Å². The summed E-state index contributed by atoms with van der Waals surface area (Å²) in [5.74, 6) is 0.285. The molecule has 3 rings (SSSR count). The summed E-state index contributed by atoms with van der Waals surface area (Å²) in [4.78, 5) is 12.0. The average Bonchev–Trinajstić information content (AvgIpc) is 2.72. The summed E-state index contributed by atoms with van der Waals surface area (Å²) in [5.41, 5.74) is -1.05. The Morgan fingerprint density at radius 3 is 2.70 bits per heavy atom. The van der Waals surface area contributed by atoms with E-state index in [0.717, 1.165) is 0 Å². The van der Waals surface area contributed by atoms with E-state index in [1.165, 1.54) is 49.2 Å². The number of aliphatic hydroxyl groups excluding tert-OH is 1. The number of rotatable bonds is 8. The lowest BCUT2D eigenvalue weighted by Crippen LogP contribution is -2.60. The summed E-state index contributed by atoms with van der Waals surface area (Å²) in [6.07, 6.45) is 2.46. The van der Waals surface area contributed by atoms with E-state index in [-0.39, 0.29) is 18.8 Å². The van der Waals surface area contributed by atoms with Gasteiger partial charge in [-0.15, -0.1) is 0 Å². The largest absolute Gasteiger partial charge is 0.479 e. The molecule has 0 saturated heterocycles. The van der Waals surface area contributed by atoms with E-state index >= 15 is 0 Å². The van der Waals surface area contributed by atoms with Crippen molar-refractivity contribution in [1.82, 2.24) is 9.78 Å². The molecule has 1 aliphatic rings. The Kier molecular flexibility index (Phi) is 6.86.